The summed E-state index contributed by atoms with van der Waals surface area (Å²) in [5, 5.41) is 8.50. The van der Waals surface area contributed by atoms with Gasteiger partial charge in [-0.15, -0.1) is 0 Å². The zero-order chi connectivity index (χ0) is 7.68. The molecule has 52 valence electrons. The van der Waals surface area contributed by atoms with Gasteiger partial charge in [-0.05, 0) is 6.08 Å². The average Bonchev–Trinajstić information content (AvgIpc) is 2.50. The van der Waals surface area contributed by atoms with Gasteiger partial charge < -0.3 is 0 Å². The smallest absolute Gasteiger partial charge is 0.142 e. The molecule has 0 bridgehead atoms. The molecule has 2 rings (SSSR count). The first-order chi connectivity index (χ1) is 5.40. The van der Waals surface area contributed by atoms with E-state index in [1.54, 1.807) is 12.3 Å². The van der Waals surface area contributed by atoms with E-state index in [2.05, 4.69) is 9.98 Å². The van der Waals surface area contributed by atoms with Crippen LogP contribution in [0.15, 0.2) is 34.4 Å². The van der Waals surface area contributed by atoms with Gasteiger partial charge in [0.15, 0.2) is 0 Å². The van der Waals surface area contributed by atoms with Crippen LogP contribution in [0.5, 0.6) is 0 Å². The number of nitriles is 1. The summed E-state index contributed by atoms with van der Waals surface area (Å²) >= 11 is 0. The summed E-state index contributed by atoms with van der Waals surface area (Å²) in [6.45, 7) is 0. The molecule has 3 nitrogen and oxygen atoms in total. The number of hydrogen-bond donors (Lipinski definition) is 0. The van der Waals surface area contributed by atoms with Crippen LogP contribution in [0.4, 0.5) is 0 Å². The van der Waals surface area contributed by atoms with Crippen LogP contribution >= 0.6 is 0 Å². The van der Waals surface area contributed by atoms with E-state index in [9.17, 15) is 0 Å². The summed E-state index contributed by atoms with van der Waals surface area (Å²) in [7, 11) is 0. The zero-order valence-corrected chi connectivity index (χ0v) is 5.73. The lowest BCUT2D eigenvalue weighted by atomic mass is 10.1. The summed E-state index contributed by atoms with van der Waals surface area (Å²) < 4.78 is 0. The lowest BCUT2D eigenvalue weighted by Gasteiger charge is -2.05. The summed E-state index contributed by atoms with van der Waals surface area (Å²) in [6, 6.07) is 1.97. The number of fused-ring (bicyclic) bond motifs is 1. The molecule has 2 aliphatic heterocycles. The molecule has 0 spiro atoms. The molecule has 0 radical (unpaired) electrons. The van der Waals surface area contributed by atoms with Crippen molar-refractivity contribution in [3.63, 3.8) is 0 Å². The van der Waals surface area contributed by atoms with E-state index in [0.29, 0.717) is 5.71 Å². The second-order valence-electron chi connectivity index (χ2n) is 2.32. The van der Waals surface area contributed by atoms with E-state index in [-0.39, 0.29) is 5.92 Å². The predicted octanol–water partition coefficient (Wildman–Crippen LogP) is 1.06. The maximum atomic E-state index is 8.50. The third kappa shape index (κ3) is 0.887. The molecule has 2 heterocycles. The first kappa shape index (κ1) is 6.05. The molecule has 0 saturated heterocycles. The Bertz CT molecular complexity index is 339. The summed E-state index contributed by atoms with van der Waals surface area (Å²) in [6.07, 6.45) is 7.31. The SMILES string of the molecule is N#CC1=NC2=NC=C[C@@H]2C=C1. The van der Waals surface area contributed by atoms with Crippen molar-refractivity contribution in [1.82, 2.24) is 0 Å². The Labute approximate surface area is 64.1 Å². The van der Waals surface area contributed by atoms with Gasteiger partial charge in [-0.2, -0.15) is 5.26 Å². The lowest BCUT2D eigenvalue weighted by molar-refractivity contribution is 1.13. The molecule has 0 saturated carbocycles. The van der Waals surface area contributed by atoms with Gasteiger partial charge in [0.05, 0.1) is 5.92 Å². The highest BCUT2D eigenvalue weighted by atomic mass is 14.9. The van der Waals surface area contributed by atoms with Crippen LogP contribution < -0.4 is 0 Å². The fourth-order valence-corrected chi connectivity index (χ4v) is 1.06. The molecule has 0 N–H and O–H groups in total. The Morgan fingerprint density at radius 2 is 2.36 bits per heavy atom. The van der Waals surface area contributed by atoms with Gasteiger partial charge in [0.25, 0.3) is 0 Å². The van der Waals surface area contributed by atoms with Crippen molar-refractivity contribution in [2.24, 2.45) is 15.9 Å². The zero-order valence-electron chi connectivity index (χ0n) is 5.73. The minimum Gasteiger partial charge on any atom is -0.241 e. The Morgan fingerprint density at radius 3 is 3.18 bits per heavy atom. The van der Waals surface area contributed by atoms with Crippen molar-refractivity contribution in [2.45, 2.75) is 0 Å². The fourth-order valence-electron chi connectivity index (χ4n) is 1.06. The van der Waals surface area contributed by atoms with Crippen LogP contribution in [0.1, 0.15) is 0 Å². The van der Waals surface area contributed by atoms with Crippen molar-refractivity contribution in [3.05, 3.63) is 24.4 Å². The first-order valence-electron chi connectivity index (χ1n) is 3.31. The third-order valence-corrected chi connectivity index (χ3v) is 1.61. The van der Waals surface area contributed by atoms with Crippen molar-refractivity contribution in [3.8, 4) is 6.07 Å². The van der Waals surface area contributed by atoms with Gasteiger partial charge in [0.2, 0.25) is 0 Å². The number of aliphatic imine (C=N–C) groups is 2. The van der Waals surface area contributed by atoms with Crippen molar-refractivity contribution < 1.29 is 0 Å². The van der Waals surface area contributed by atoms with Crippen LogP contribution in [0, 0.1) is 17.2 Å². The average molecular weight is 143 g/mol. The molecule has 0 amide bonds. The fraction of sp³-hybridized carbons (Fsp3) is 0.125. The number of rotatable bonds is 0. The quantitative estimate of drug-likeness (QED) is 0.500. The number of hydrogen-bond acceptors (Lipinski definition) is 3. The van der Waals surface area contributed by atoms with Gasteiger partial charge in [0, 0.05) is 6.20 Å². The Kier molecular flexibility index (Phi) is 1.19. The molecule has 3 heteroatoms. The largest absolute Gasteiger partial charge is 0.241 e. The second-order valence-corrected chi connectivity index (χ2v) is 2.32. The predicted molar refractivity (Wildman–Crippen MR) is 42.3 cm³/mol. The van der Waals surface area contributed by atoms with Crippen molar-refractivity contribution in [2.75, 3.05) is 0 Å². The summed E-state index contributed by atoms with van der Waals surface area (Å²) in [5.41, 5.74) is 0.434. The highest BCUT2D eigenvalue weighted by molar-refractivity contribution is 6.16. The molecule has 0 aromatic rings. The second kappa shape index (κ2) is 2.17. The van der Waals surface area contributed by atoms with Gasteiger partial charge in [-0.1, -0.05) is 12.2 Å². The minimum atomic E-state index is 0.201. The minimum absolute atomic E-state index is 0.201. The molecule has 0 aromatic heterocycles. The summed E-state index contributed by atoms with van der Waals surface area (Å²) in [5.74, 6) is 0.927. The molecular weight excluding hydrogens is 138 g/mol. The molecule has 11 heavy (non-hydrogen) atoms. The monoisotopic (exact) mass is 143 g/mol. The molecule has 0 aliphatic carbocycles. The van der Waals surface area contributed by atoms with Gasteiger partial charge in [-0.25, -0.2) is 9.98 Å². The van der Waals surface area contributed by atoms with Crippen LogP contribution in [0.2, 0.25) is 0 Å². The van der Waals surface area contributed by atoms with Crippen LogP contribution in [-0.2, 0) is 0 Å². The molecule has 1 atom stereocenters. The lowest BCUT2D eigenvalue weighted by Crippen LogP contribution is -2.11. The van der Waals surface area contributed by atoms with E-state index in [4.69, 9.17) is 5.26 Å². The van der Waals surface area contributed by atoms with Gasteiger partial charge in [-0.3, -0.25) is 0 Å². The summed E-state index contributed by atoms with van der Waals surface area (Å²) in [4.78, 5) is 8.02. The molecule has 0 fully saturated rings. The van der Waals surface area contributed by atoms with Gasteiger partial charge >= 0.3 is 0 Å². The van der Waals surface area contributed by atoms with Gasteiger partial charge in [0.1, 0.15) is 17.6 Å². The van der Waals surface area contributed by atoms with E-state index in [1.807, 2.05) is 18.2 Å². The third-order valence-electron chi connectivity index (χ3n) is 1.61. The maximum Gasteiger partial charge on any atom is 0.142 e. The Hall–Kier alpha value is -1.69. The molecule has 2 aliphatic rings. The van der Waals surface area contributed by atoms with Crippen molar-refractivity contribution in [1.29, 1.82) is 5.26 Å². The number of dihydropyridines is 1. The van der Waals surface area contributed by atoms with Crippen molar-refractivity contribution >= 4 is 11.5 Å². The Morgan fingerprint density at radius 1 is 1.45 bits per heavy atom. The number of nitrogens with zero attached hydrogens (tertiary/aromatic N) is 3. The number of amidine groups is 1. The topological polar surface area (TPSA) is 48.5 Å². The highest BCUT2D eigenvalue weighted by Crippen LogP contribution is 2.16. The standard InChI is InChI=1S/C8H5N3/c9-5-7-2-1-6-3-4-10-8(6)11-7/h1-4,6H/t6-/m0/s1. The maximum absolute atomic E-state index is 8.50. The van der Waals surface area contributed by atoms with E-state index >= 15 is 0 Å². The normalized spacial score (nSPS) is 25.5. The van der Waals surface area contributed by atoms with Crippen LogP contribution in [-0.4, -0.2) is 11.5 Å². The van der Waals surface area contributed by atoms with E-state index in [0.717, 1.165) is 5.84 Å². The van der Waals surface area contributed by atoms with Crippen LogP contribution in [0.3, 0.4) is 0 Å². The van der Waals surface area contributed by atoms with E-state index in [1.165, 1.54) is 0 Å². The van der Waals surface area contributed by atoms with Crippen LogP contribution in [0.25, 0.3) is 0 Å². The molecule has 0 unspecified atom stereocenters. The molecular formula is C8H5N3. The van der Waals surface area contributed by atoms with E-state index < -0.39 is 0 Å². The first-order valence-corrected chi connectivity index (χ1v) is 3.31. The molecule has 0 aromatic carbocycles. The highest BCUT2D eigenvalue weighted by Gasteiger charge is 2.16. The Balaban J connectivity index is 2.39. The number of allylic oxidation sites excluding steroid dienone is 1.